The number of hydrogen-bond donors (Lipinski definition) is 1. The minimum Gasteiger partial charge on any atom is -0.482 e. The number of ether oxygens (including phenoxy) is 2. The van der Waals surface area contributed by atoms with Gasteiger partial charge >= 0.3 is 0 Å². The van der Waals surface area contributed by atoms with E-state index in [4.69, 9.17) is 9.47 Å². The third-order valence-electron chi connectivity index (χ3n) is 3.78. The summed E-state index contributed by atoms with van der Waals surface area (Å²) in [5, 5.41) is 6.67. The van der Waals surface area contributed by atoms with Crippen LogP contribution < -0.4 is 10.1 Å². The number of nitrogens with one attached hydrogen (secondary N) is 1. The standard InChI is InChI=1S/C14H18FN3O3/c1-18-6-10(5-16-18)21-12-8-20-7-11(12)17-14(19)13(15)9-3-2-4-9/h5-6,11-12H,2-4,7-8H2,1H3,(H,17,19)/t11-,12+/m0/s1. The Kier molecular flexibility index (Phi) is 3.92. The lowest BCUT2D eigenvalue weighted by Crippen LogP contribution is -2.45. The fraction of sp³-hybridized carbons (Fsp3) is 0.571. The van der Waals surface area contributed by atoms with Crippen molar-refractivity contribution in [2.75, 3.05) is 13.2 Å². The lowest BCUT2D eigenvalue weighted by Gasteiger charge is -2.21. The number of carbonyl (C=O) groups excluding carboxylic acids is 1. The number of nitrogens with zero attached hydrogens (tertiary/aromatic N) is 2. The van der Waals surface area contributed by atoms with Crippen molar-refractivity contribution in [3.8, 4) is 5.75 Å². The van der Waals surface area contributed by atoms with Crippen LogP contribution in [0.4, 0.5) is 4.39 Å². The largest absolute Gasteiger partial charge is 0.482 e. The molecule has 1 aliphatic carbocycles. The maximum Gasteiger partial charge on any atom is 0.280 e. The first-order valence-corrected chi connectivity index (χ1v) is 7.05. The zero-order valence-electron chi connectivity index (χ0n) is 11.8. The first-order valence-electron chi connectivity index (χ1n) is 7.05. The van der Waals surface area contributed by atoms with Crippen molar-refractivity contribution in [2.24, 2.45) is 7.05 Å². The van der Waals surface area contributed by atoms with Crippen molar-refractivity contribution in [1.82, 2.24) is 15.1 Å². The second kappa shape index (κ2) is 5.85. The molecule has 3 rings (SSSR count). The smallest absolute Gasteiger partial charge is 0.280 e. The van der Waals surface area contributed by atoms with E-state index in [-0.39, 0.29) is 12.1 Å². The highest BCUT2D eigenvalue weighted by molar-refractivity contribution is 5.92. The molecule has 2 atom stereocenters. The molecule has 1 N–H and O–H groups in total. The van der Waals surface area contributed by atoms with Gasteiger partial charge in [-0.2, -0.15) is 5.10 Å². The zero-order valence-corrected chi connectivity index (χ0v) is 11.8. The minimum absolute atomic E-state index is 0.319. The second-order valence-electron chi connectivity index (χ2n) is 5.39. The number of amides is 1. The van der Waals surface area contributed by atoms with Gasteiger partial charge in [-0.25, -0.2) is 4.39 Å². The van der Waals surface area contributed by atoms with Crippen molar-refractivity contribution in [1.29, 1.82) is 0 Å². The molecule has 2 heterocycles. The Labute approximate surface area is 121 Å². The molecule has 1 aliphatic heterocycles. The summed E-state index contributed by atoms with van der Waals surface area (Å²) in [6, 6.07) is -0.357. The van der Waals surface area contributed by atoms with Gasteiger partial charge in [0.15, 0.2) is 11.6 Å². The highest BCUT2D eigenvalue weighted by Crippen LogP contribution is 2.29. The topological polar surface area (TPSA) is 65.4 Å². The van der Waals surface area contributed by atoms with Gasteiger partial charge in [0.25, 0.3) is 5.91 Å². The summed E-state index contributed by atoms with van der Waals surface area (Å²) in [4.78, 5) is 11.9. The average Bonchev–Trinajstić information content (AvgIpc) is 2.98. The molecule has 6 nitrogen and oxygen atoms in total. The van der Waals surface area contributed by atoms with Crippen LogP contribution in [0, 0.1) is 0 Å². The van der Waals surface area contributed by atoms with Gasteiger partial charge < -0.3 is 14.8 Å². The molecule has 0 aromatic carbocycles. The Morgan fingerprint density at radius 1 is 1.52 bits per heavy atom. The number of hydrogen-bond acceptors (Lipinski definition) is 4. The summed E-state index contributed by atoms with van der Waals surface area (Å²) in [5.74, 6) is -0.710. The number of halogens is 1. The molecule has 1 amide bonds. The van der Waals surface area contributed by atoms with E-state index in [9.17, 15) is 9.18 Å². The quantitative estimate of drug-likeness (QED) is 0.845. The third kappa shape index (κ3) is 3.07. The van der Waals surface area contributed by atoms with Crippen LogP contribution >= 0.6 is 0 Å². The zero-order chi connectivity index (χ0) is 14.8. The molecule has 1 aromatic heterocycles. The van der Waals surface area contributed by atoms with E-state index < -0.39 is 11.7 Å². The van der Waals surface area contributed by atoms with E-state index in [1.54, 1.807) is 24.1 Å². The lowest BCUT2D eigenvalue weighted by molar-refractivity contribution is -0.120. The molecule has 0 spiro atoms. The van der Waals surface area contributed by atoms with Gasteiger partial charge in [-0.3, -0.25) is 9.48 Å². The van der Waals surface area contributed by atoms with Crippen molar-refractivity contribution in [3.63, 3.8) is 0 Å². The highest BCUT2D eigenvalue weighted by atomic mass is 19.1. The number of rotatable bonds is 4. The molecule has 2 aliphatic rings. The number of aromatic nitrogens is 2. The van der Waals surface area contributed by atoms with Crippen molar-refractivity contribution in [3.05, 3.63) is 23.8 Å². The van der Waals surface area contributed by atoms with Crippen LogP contribution in [-0.2, 0) is 16.6 Å². The molecule has 0 unspecified atom stereocenters. The van der Waals surface area contributed by atoms with Crippen LogP contribution in [0.3, 0.4) is 0 Å². The second-order valence-corrected chi connectivity index (χ2v) is 5.39. The van der Waals surface area contributed by atoms with Gasteiger partial charge in [0, 0.05) is 7.05 Å². The van der Waals surface area contributed by atoms with Crippen LogP contribution in [0.25, 0.3) is 0 Å². The maximum atomic E-state index is 13.8. The molecule has 0 bridgehead atoms. The molecule has 1 saturated carbocycles. The average molecular weight is 295 g/mol. The molecule has 1 aromatic rings. The summed E-state index contributed by atoms with van der Waals surface area (Å²) in [6.07, 6.45) is 5.29. The van der Waals surface area contributed by atoms with Crippen LogP contribution in [0.5, 0.6) is 5.75 Å². The summed E-state index contributed by atoms with van der Waals surface area (Å²) in [5.41, 5.74) is 0.608. The lowest BCUT2D eigenvalue weighted by atomic mass is 9.91. The molecule has 7 heteroatoms. The van der Waals surface area contributed by atoms with Gasteiger partial charge in [0.05, 0.1) is 31.6 Å². The Bertz CT molecular complexity index is 564. The van der Waals surface area contributed by atoms with Crippen LogP contribution in [0.1, 0.15) is 19.3 Å². The summed E-state index contributed by atoms with van der Waals surface area (Å²) < 4.78 is 26.5. The summed E-state index contributed by atoms with van der Waals surface area (Å²) in [7, 11) is 1.79. The Balaban J connectivity index is 1.60. The molecule has 0 radical (unpaired) electrons. The predicted molar refractivity (Wildman–Crippen MR) is 72.4 cm³/mol. The minimum atomic E-state index is -0.667. The molecular formula is C14H18FN3O3. The van der Waals surface area contributed by atoms with E-state index in [1.807, 2.05) is 0 Å². The summed E-state index contributed by atoms with van der Waals surface area (Å²) in [6.45, 7) is 0.678. The number of carbonyl (C=O) groups is 1. The maximum absolute atomic E-state index is 13.8. The number of aryl methyl sites for hydroxylation is 1. The fourth-order valence-corrected chi connectivity index (χ4v) is 2.39. The fourth-order valence-electron chi connectivity index (χ4n) is 2.39. The van der Waals surface area contributed by atoms with E-state index in [0.29, 0.717) is 37.4 Å². The van der Waals surface area contributed by atoms with Crippen LogP contribution in [-0.4, -0.2) is 41.0 Å². The molecule has 2 fully saturated rings. The normalized spacial score (nSPS) is 24.6. The van der Waals surface area contributed by atoms with Crippen LogP contribution in [0.15, 0.2) is 23.8 Å². The Morgan fingerprint density at radius 3 is 2.95 bits per heavy atom. The van der Waals surface area contributed by atoms with Gasteiger partial charge in [0.2, 0.25) is 0 Å². The monoisotopic (exact) mass is 295 g/mol. The van der Waals surface area contributed by atoms with Crippen molar-refractivity contribution >= 4 is 5.91 Å². The first kappa shape index (κ1) is 14.1. The third-order valence-corrected chi connectivity index (χ3v) is 3.78. The van der Waals surface area contributed by atoms with Crippen molar-refractivity contribution < 1.29 is 18.7 Å². The van der Waals surface area contributed by atoms with E-state index in [2.05, 4.69) is 10.4 Å². The van der Waals surface area contributed by atoms with Gasteiger partial charge in [0.1, 0.15) is 6.10 Å². The van der Waals surface area contributed by atoms with Gasteiger partial charge in [-0.15, -0.1) is 0 Å². The molecular weight excluding hydrogens is 277 g/mol. The highest BCUT2D eigenvalue weighted by Gasteiger charge is 2.33. The van der Waals surface area contributed by atoms with E-state index in [0.717, 1.165) is 6.42 Å². The van der Waals surface area contributed by atoms with E-state index >= 15 is 0 Å². The predicted octanol–water partition coefficient (Wildman–Crippen LogP) is 1.09. The Morgan fingerprint density at radius 2 is 2.33 bits per heavy atom. The first-order chi connectivity index (χ1) is 10.1. The van der Waals surface area contributed by atoms with Crippen molar-refractivity contribution in [2.45, 2.75) is 31.4 Å². The van der Waals surface area contributed by atoms with Gasteiger partial charge in [-0.05, 0) is 24.8 Å². The van der Waals surface area contributed by atoms with Gasteiger partial charge in [-0.1, -0.05) is 0 Å². The van der Waals surface area contributed by atoms with Crippen LogP contribution in [0.2, 0.25) is 0 Å². The molecule has 114 valence electrons. The summed E-state index contributed by atoms with van der Waals surface area (Å²) >= 11 is 0. The van der Waals surface area contributed by atoms with E-state index in [1.165, 1.54) is 0 Å². The molecule has 1 saturated heterocycles. The Hall–Kier alpha value is -1.89. The molecule has 21 heavy (non-hydrogen) atoms. The SMILES string of the molecule is Cn1cc(O[C@@H]2COC[C@@H]2NC(=O)C(F)=C2CCC2)cn1. The number of allylic oxidation sites excluding steroid dienone is 1.